The maximum absolute atomic E-state index is 11.9. The van der Waals surface area contributed by atoms with Crippen LogP contribution in [0.1, 0.15) is 28.8 Å². The van der Waals surface area contributed by atoms with Crippen molar-refractivity contribution in [2.24, 2.45) is 5.73 Å². The molecule has 1 amide bonds. The molecule has 2 atom stereocenters. The first-order chi connectivity index (χ1) is 8.68. The van der Waals surface area contributed by atoms with Crippen molar-refractivity contribution in [3.8, 4) is 0 Å². The topological polar surface area (TPSA) is 68.0 Å². The van der Waals surface area contributed by atoms with Gasteiger partial charge in [-0.3, -0.25) is 4.79 Å². The van der Waals surface area contributed by atoms with Crippen LogP contribution in [0.4, 0.5) is 0 Å². The molecule has 0 aromatic carbocycles. The quantitative estimate of drug-likeness (QED) is 0.882. The summed E-state index contributed by atoms with van der Waals surface area (Å²) < 4.78 is 0. The van der Waals surface area contributed by atoms with E-state index >= 15 is 0 Å². The minimum absolute atomic E-state index is 0.138. The molecular weight excluding hydrogens is 266 g/mol. The highest BCUT2D eigenvalue weighted by Gasteiger charge is 2.17. The van der Waals surface area contributed by atoms with Gasteiger partial charge in [0.1, 0.15) is 6.04 Å². The molecule has 0 saturated heterocycles. The van der Waals surface area contributed by atoms with Gasteiger partial charge in [0.15, 0.2) is 0 Å². The van der Waals surface area contributed by atoms with Gasteiger partial charge in [0.05, 0.1) is 5.01 Å². The zero-order valence-electron chi connectivity index (χ0n) is 10.00. The third-order valence-electron chi connectivity index (χ3n) is 2.59. The molecule has 3 N–H and O–H groups in total. The lowest BCUT2D eigenvalue weighted by Crippen LogP contribution is -2.35. The Balaban J connectivity index is 1.85. The first-order valence-electron chi connectivity index (χ1n) is 5.64. The van der Waals surface area contributed by atoms with Gasteiger partial charge in [-0.05, 0) is 11.4 Å². The lowest BCUT2D eigenvalue weighted by Gasteiger charge is -2.13. The molecule has 2 aromatic rings. The fourth-order valence-electron chi connectivity index (χ4n) is 1.53. The molecule has 0 aliphatic carbocycles. The maximum atomic E-state index is 11.9. The zero-order chi connectivity index (χ0) is 13.0. The van der Waals surface area contributed by atoms with Crippen LogP contribution in [-0.4, -0.2) is 17.4 Å². The average molecular weight is 281 g/mol. The van der Waals surface area contributed by atoms with Gasteiger partial charge >= 0.3 is 0 Å². The van der Waals surface area contributed by atoms with Crippen LogP contribution < -0.4 is 11.1 Å². The number of carbonyl (C=O) groups is 1. The Morgan fingerprint density at radius 3 is 2.94 bits per heavy atom. The summed E-state index contributed by atoms with van der Waals surface area (Å²) in [4.78, 5) is 17.0. The summed E-state index contributed by atoms with van der Waals surface area (Å²) in [5.74, 6) is 0.0744. The third kappa shape index (κ3) is 3.16. The summed E-state index contributed by atoms with van der Waals surface area (Å²) in [5, 5.41) is 7.75. The first kappa shape index (κ1) is 13.2. The molecule has 2 rings (SSSR count). The van der Waals surface area contributed by atoms with Gasteiger partial charge in [-0.15, -0.1) is 22.7 Å². The van der Waals surface area contributed by atoms with Crippen LogP contribution >= 0.6 is 22.7 Å². The molecule has 96 valence electrons. The fourth-order valence-corrected chi connectivity index (χ4v) is 2.95. The SMILES string of the molecule is CC(CNC(=O)C(N)c1cccs1)c1nccs1. The minimum Gasteiger partial charge on any atom is -0.354 e. The lowest BCUT2D eigenvalue weighted by atomic mass is 10.2. The summed E-state index contributed by atoms with van der Waals surface area (Å²) in [7, 11) is 0. The van der Waals surface area contributed by atoms with Gasteiger partial charge in [-0.25, -0.2) is 4.98 Å². The number of carbonyl (C=O) groups excluding carboxylic acids is 1. The van der Waals surface area contributed by atoms with Gasteiger partial charge in [0.25, 0.3) is 0 Å². The summed E-state index contributed by atoms with van der Waals surface area (Å²) >= 11 is 3.09. The number of aromatic nitrogens is 1. The second-order valence-corrected chi connectivity index (χ2v) is 5.92. The first-order valence-corrected chi connectivity index (χ1v) is 7.40. The molecule has 0 saturated carbocycles. The predicted molar refractivity (Wildman–Crippen MR) is 74.8 cm³/mol. The highest BCUT2D eigenvalue weighted by molar-refractivity contribution is 7.10. The van der Waals surface area contributed by atoms with Crippen LogP contribution in [0.3, 0.4) is 0 Å². The lowest BCUT2D eigenvalue weighted by molar-refractivity contribution is -0.122. The number of nitrogens with zero attached hydrogens (tertiary/aromatic N) is 1. The number of thiazole rings is 1. The predicted octanol–water partition coefficient (Wildman–Crippen LogP) is 2.12. The van der Waals surface area contributed by atoms with Crippen molar-refractivity contribution in [1.82, 2.24) is 10.3 Å². The molecule has 0 spiro atoms. The number of amides is 1. The van der Waals surface area contributed by atoms with Crippen molar-refractivity contribution in [2.45, 2.75) is 18.9 Å². The largest absolute Gasteiger partial charge is 0.354 e. The van der Waals surface area contributed by atoms with E-state index in [9.17, 15) is 4.79 Å². The van der Waals surface area contributed by atoms with Crippen molar-refractivity contribution < 1.29 is 4.79 Å². The second kappa shape index (κ2) is 6.08. The second-order valence-electron chi connectivity index (χ2n) is 4.01. The molecule has 2 aromatic heterocycles. The number of rotatable bonds is 5. The van der Waals surface area contributed by atoms with E-state index in [1.54, 1.807) is 17.5 Å². The van der Waals surface area contributed by atoms with Crippen molar-refractivity contribution >= 4 is 28.6 Å². The zero-order valence-corrected chi connectivity index (χ0v) is 11.6. The van der Waals surface area contributed by atoms with E-state index in [4.69, 9.17) is 5.73 Å². The molecule has 4 nitrogen and oxygen atoms in total. The van der Waals surface area contributed by atoms with Gasteiger partial charge in [-0.1, -0.05) is 13.0 Å². The van der Waals surface area contributed by atoms with Crippen LogP contribution in [0.15, 0.2) is 29.1 Å². The standard InChI is InChI=1S/C12H15N3OS2/c1-8(12-14-4-6-18-12)7-15-11(16)10(13)9-3-2-5-17-9/h2-6,8,10H,7,13H2,1H3,(H,15,16). The van der Waals surface area contributed by atoms with Crippen LogP contribution in [0, 0.1) is 0 Å². The van der Waals surface area contributed by atoms with E-state index in [1.807, 2.05) is 29.8 Å². The van der Waals surface area contributed by atoms with Crippen molar-refractivity contribution in [3.63, 3.8) is 0 Å². The van der Waals surface area contributed by atoms with E-state index in [2.05, 4.69) is 10.3 Å². The Bertz CT molecular complexity index is 481. The number of hydrogen-bond acceptors (Lipinski definition) is 5. The normalized spacial score (nSPS) is 14.1. The van der Waals surface area contributed by atoms with Gasteiger partial charge in [-0.2, -0.15) is 0 Å². The van der Waals surface area contributed by atoms with Crippen LogP contribution in [0.2, 0.25) is 0 Å². The smallest absolute Gasteiger partial charge is 0.242 e. The summed E-state index contributed by atoms with van der Waals surface area (Å²) in [6, 6.07) is 3.19. The average Bonchev–Trinajstić information content (AvgIpc) is 3.05. The Morgan fingerprint density at radius 1 is 1.50 bits per heavy atom. The maximum Gasteiger partial charge on any atom is 0.242 e. The van der Waals surface area contributed by atoms with Crippen LogP contribution in [0.25, 0.3) is 0 Å². The van der Waals surface area contributed by atoms with E-state index in [-0.39, 0.29) is 11.8 Å². The van der Waals surface area contributed by atoms with Crippen molar-refractivity contribution in [3.05, 3.63) is 39.0 Å². The van der Waals surface area contributed by atoms with E-state index < -0.39 is 6.04 Å². The molecule has 2 heterocycles. The van der Waals surface area contributed by atoms with Gasteiger partial charge < -0.3 is 11.1 Å². The monoisotopic (exact) mass is 281 g/mol. The molecule has 0 radical (unpaired) electrons. The number of thiophene rings is 1. The highest BCUT2D eigenvalue weighted by Crippen LogP contribution is 2.18. The summed E-state index contributed by atoms with van der Waals surface area (Å²) in [6.45, 7) is 2.60. The van der Waals surface area contributed by atoms with Crippen molar-refractivity contribution in [2.75, 3.05) is 6.54 Å². The van der Waals surface area contributed by atoms with Crippen LogP contribution in [-0.2, 0) is 4.79 Å². The highest BCUT2D eigenvalue weighted by atomic mass is 32.1. The number of nitrogens with one attached hydrogen (secondary N) is 1. The van der Waals surface area contributed by atoms with Crippen molar-refractivity contribution in [1.29, 1.82) is 0 Å². The minimum atomic E-state index is -0.575. The van der Waals surface area contributed by atoms with Gasteiger partial charge in [0.2, 0.25) is 5.91 Å². The molecule has 0 fully saturated rings. The Kier molecular flexibility index (Phi) is 4.46. The molecule has 0 aliphatic rings. The van der Waals surface area contributed by atoms with Crippen LogP contribution in [0.5, 0.6) is 0 Å². The molecular formula is C12H15N3OS2. The Morgan fingerprint density at radius 2 is 2.33 bits per heavy atom. The van der Waals surface area contributed by atoms with Gasteiger partial charge in [0, 0.05) is 28.9 Å². The molecule has 0 bridgehead atoms. The summed E-state index contributed by atoms with van der Waals surface area (Å²) in [5.41, 5.74) is 5.87. The number of hydrogen-bond donors (Lipinski definition) is 2. The molecule has 6 heteroatoms. The Labute approximate surface area is 114 Å². The number of nitrogens with two attached hydrogens (primary N) is 1. The Hall–Kier alpha value is -1.24. The molecule has 18 heavy (non-hydrogen) atoms. The third-order valence-corrected chi connectivity index (χ3v) is 4.55. The summed E-state index contributed by atoms with van der Waals surface area (Å²) in [6.07, 6.45) is 1.77. The molecule has 0 aliphatic heterocycles. The van der Waals surface area contributed by atoms with E-state index in [0.717, 1.165) is 9.88 Å². The fraction of sp³-hybridized carbons (Fsp3) is 0.333. The van der Waals surface area contributed by atoms with E-state index in [1.165, 1.54) is 11.3 Å². The molecule has 2 unspecified atom stereocenters. The van der Waals surface area contributed by atoms with E-state index in [0.29, 0.717) is 6.54 Å².